The van der Waals surface area contributed by atoms with Crippen molar-refractivity contribution in [1.29, 1.82) is 0 Å². The van der Waals surface area contributed by atoms with Crippen LogP contribution in [-0.2, 0) is 14.3 Å². The Balaban J connectivity index is 1.51. The number of fused-ring (bicyclic) bond motifs is 2. The number of amides is 1. The van der Waals surface area contributed by atoms with Crippen molar-refractivity contribution in [2.45, 2.75) is 12.8 Å². The van der Waals surface area contributed by atoms with Crippen LogP contribution in [0.4, 0.5) is 14.5 Å². The molecular weight excluding hydrogens is 292 g/mol. The van der Waals surface area contributed by atoms with Crippen LogP contribution >= 0.6 is 0 Å². The van der Waals surface area contributed by atoms with Gasteiger partial charge in [-0.1, -0.05) is 12.2 Å². The molecule has 0 heterocycles. The summed E-state index contributed by atoms with van der Waals surface area (Å²) >= 11 is 0. The zero-order valence-electron chi connectivity index (χ0n) is 11.7. The van der Waals surface area contributed by atoms with Crippen molar-refractivity contribution in [2.75, 3.05) is 11.9 Å². The third-order valence-electron chi connectivity index (χ3n) is 4.13. The van der Waals surface area contributed by atoms with Crippen molar-refractivity contribution in [1.82, 2.24) is 0 Å². The van der Waals surface area contributed by atoms with Crippen molar-refractivity contribution in [3.05, 3.63) is 42.0 Å². The lowest BCUT2D eigenvalue weighted by Gasteiger charge is -2.16. The van der Waals surface area contributed by atoms with Gasteiger partial charge >= 0.3 is 5.97 Å². The van der Waals surface area contributed by atoms with Crippen molar-refractivity contribution < 1.29 is 23.1 Å². The maximum absolute atomic E-state index is 13.4. The van der Waals surface area contributed by atoms with Crippen LogP contribution in [0.25, 0.3) is 0 Å². The molecule has 116 valence electrons. The molecule has 1 saturated carbocycles. The number of esters is 1. The molecule has 22 heavy (non-hydrogen) atoms. The highest BCUT2D eigenvalue weighted by Crippen LogP contribution is 2.43. The molecule has 4 nitrogen and oxygen atoms in total. The van der Waals surface area contributed by atoms with Gasteiger partial charge < -0.3 is 10.1 Å². The van der Waals surface area contributed by atoms with E-state index < -0.39 is 30.1 Å². The first-order valence-corrected chi connectivity index (χ1v) is 7.13. The van der Waals surface area contributed by atoms with Gasteiger partial charge in [-0.2, -0.15) is 0 Å². The van der Waals surface area contributed by atoms with Gasteiger partial charge in [0.1, 0.15) is 11.6 Å². The smallest absolute Gasteiger partial charge is 0.310 e. The van der Waals surface area contributed by atoms with Gasteiger partial charge in [0.15, 0.2) is 6.61 Å². The molecule has 3 atom stereocenters. The molecule has 0 aromatic heterocycles. The second-order valence-electron chi connectivity index (χ2n) is 5.67. The predicted molar refractivity (Wildman–Crippen MR) is 74.8 cm³/mol. The van der Waals surface area contributed by atoms with Crippen molar-refractivity contribution in [3.63, 3.8) is 0 Å². The molecule has 0 spiro atoms. The summed E-state index contributed by atoms with van der Waals surface area (Å²) in [6.07, 6.45) is 5.83. The molecule has 2 aliphatic rings. The van der Waals surface area contributed by atoms with Crippen LogP contribution in [0, 0.1) is 29.4 Å². The largest absolute Gasteiger partial charge is 0.455 e. The number of nitrogens with one attached hydrogen (secondary N) is 1. The third kappa shape index (κ3) is 3.00. The van der Waals surface area contributed by atoms with E-state index in [9.17, 15) is 18.4 Å². The molecule has 0 saturated heterocycles. The molecule has 2 bridgehead atoms. The summed E-state index contributed by atoms with van der Waals surface area (Å²) < 4.78 is 31.4. The average molecular weight is 307 g/mol. The zero-order chi connectivity index (χ0) is 15.7. The Labute approximate surface area is 126 Å². The second kappa shape index (κ2) is 5.87. The first-order valence-electron chi connectivity index (χ1n) is 7.13. The number of ether oxygens (including phenoxy) is 1. The summed E-state index contributed by atoms with van der Waals surface area (Å²) in [5, 5.41) is 2.19. The minimum Gasteiger partial charge on any atom is -0.455 e. The molecule has 3 unspecified atom stereocenters. The van der Waals surface area contributed by atoms with E-state index in [1.54, 1.807) is 0 Å². The molecule has 1 amide bonds. The Kier molecular flexibility index (Phi) is 3.92. The minimum absolute atomic E-state index is 0.196. The Hall–Kier alpha value is -2.24. The normalized spacial score (nSPS) is 25.3. The summed E-state index contributed by atoms with van der Waals surface area (Å²) in [7, 11) is 0. The summed E-state index contributed by atoms with van der Waals surface area (Å²) in [6, 6.07) is 2.74. The van der Waals surface area contributed by atoms with E-state index in [1.165, 1.54) is 0 Å². The van der Waals surface area contributed by atoms with E-state index in [0.29, 0.717) is 5.92 Å². The topological polar surface area (TPSA) is 55.4 Å². The van der Waals surface area contributed by atoms with Crippen molar-refractivity contribution >= 4 is 17.6 Å². The number of anilines is 1. The highest BCUT2D eigenvalue weighted by Gasteiger charge is 2.40. The van der Waals surface area contributed by atoms with Crippen LogP contribution < -0.4 is 5.32 Å². The fourth-order valence-electron chi connectivity index (χ4n) is 3.08. The first kappa shape index (κ1) is 14.7. The summed E-state index contributed by atoms with van der Waals surface area (Å²) in [4.78, 5) is 23.6. The Morgan fingerprint density at radius 2 is 2.05 bits per heavy atom. The molecule has 2 aliphatic carbocycles. The van der Waals surface area contributed by atoms with E-state index in [2.05, 4.69) is 11.4 Å². The van der Waals surface area contributed by atoms with Crippen molar-refractivity contribution in [2.24, 2.45) is 17.8 Å². The van der Waals surface area contributed by atoms with Gasteiger partial charge in [0.05, 0.1) is 11.6 Å². The monoisotopic (exact) mass is 307 g/mol. The van der Waals surface area contributed by atoms with E-state index in [1.807, 2.05) is 6.08 Å². The average Bonchev–Trinajstić information content (AvgIpc) is 3.11. The van der Waals surface area contributed by atoms with Crippen LogP contribution in [0.5, 0.6) is 0 Å². The van der Waals surface area contributed by atoms with Gasteiger partial charge in [0, 0.05) is 6.07 Å². The lowest BCUT2D eigenvalue weighted by atomic mass is 9.94. The number of rotatable bonds is 4. The molecule has 1 aromatic rings. The molecule has 3 rings (SSSR count). The minimum atomic E-state index is -0.751. The molecule has 0 radical (unpaired) electrons. The summed E-state index contributed by atoms with van der Waals surface area (Å²) in [6.45, 7) is -0.508. The Morgan fingerprint density at radius 3 is 2.73 bits per heavy atom. The quantitative estimate of drug-likeness (QED) is 0.687. The first-order chi connectivity index (χ1) is 10.5. The van der Waals surface area contributed by atoms with Crippen LogP contribution in [0.2, 0.25) is 0 Å². The number of hydrogen-bond acceptors (Lipinski definition) is 3. The molecule has 6 heteroatoms. The van der Waals surface area contributed by atoms with Crippen LogP contribution in [0.15, 0.2) is 30.4 Å². The SMILES string of the molecule is O=C(COC(=O)C1CC2C=CC1C2)Nc1cc(F)ccc1F. The van der Waals surface area contributed by atoms with Gasteiger partial charge in [-0.15, -0.1) is 0 Å². The van der Waals surface area contributed by atoms with E-state index in [-0.39, 0.29) is 17.5 Å². The molecular formula is C16H15F2NO3. The van der Waals surface area contributed by atoms with Crippen LogP contribution in [0.3, 0.4) is 0 Å². The van der Waals surface area contributed by atoms with Crippen LogP contribution in [-0.4, -0.2) is 18.5 Å². The maximum Gasteiger partial charge on any atom is 0.310 e. The van der Waals surface area contributed by atoms with Gasteiger partial charge in [-0.25, -0.2) is 8.78 Å². The van der Waals surface area contributed by atoms with Gasteiger partial charge in [-0.3, -0.25) is 9.59 Å². The highest BCUT2D eigenvalue weighted by atomic mass is 19.1. The van der Waals surface area contributed by atoms with E-state index in [4.69, 9.17) is 4.74 Å². The molecule has 1 fully saturated rings. The number of benzene rings is 1. The number of halogens is 2. The zero-order valence-corrected chi connectivity index (χ0v) is 11.7. The van der Waals surface area contributed by atoms with Gasteiger partial charge in [0.25, 0.3) is 5.91 Å². The molecule has 1 N–H and O–H groups in total. The van der Waals surface area contributed by atoms with Crippen LogP contribution in [0.1, 0.15) is 12.8 Å². The standard InChI is InChI=1S/C16H15F2NO3/c17-11-3-4-13(18)14(7-11)19-15(20)8-22-16(21)12-6-9-1-2-10(12)5-9/h1-4,7,9-10,12H,5-6,8H2,(H,19,20). The van der Waals surface area contributed by atoms with E-state index >= 15 is 0 Å². The Bertz CT molecular complexity index is 644. The molecule has 0 aliphatic heterocycles. The number of hydrogen-bond donors (Lipinski definition) is 1. The fraction of sp³-hybridized carbons (Fsp3) is 0.375. The summed E-state index contributed by atoms with van der Waals surface area (Å²) in [5.41, 5.74) is -0.274. The molecule has 1 aromatic carbocycles. The number of carbonyl (C=O) groups excluding carboxylic acids is 2. The Morgan fingerprint density at radius 1 is 1.23 bits per heavy atom. The summed E-state index contributed by atoms with van der Waals surface area (Å²) in [5.74, 6) is -2.10. The van der Waals surface area contributed by atoms with E-state index in [0.717, 1.165) is 31.0 Å². The van der Waals surface area contributed by atoms with Gasteiger partial charge in [0.2, 0.25) is 0 Å². The fourth-order valence-corrected chi connectivity index (χ4v) is 3.08. The third-order valence-corrected chi connectivity index (χ3v) is 4.13. The lowest BCUT2D eigenvalue weighted by Crippen LogP contribution is -2.27. The second-order valence-corrected chi connectivity index (χ2v) is 5.67. The number of allylic oxidation sites excluding steroid dienone is 2. The lowest BCUT2D eigenvalue weighted by molar-refractivity contribution is -0.152. The van der Waals surface area contributed by atoms with Gasteiger partial charge in [-0.05, 0) is 36.8 Å². The predicted octanol–water partition coefficient (Wildman–Crippen LogP) is 2.66. The van der Waals surface area contributed by atoms with Crippen molar-refractivity contribution in [3.8, 4) is 0 Å². The highest BCUT2D eigenvalue weighted by molar-refractivity contribution is 5.93. The number of carbonyl (C=O) groups is 2. The maximum atomic E-state index is 13.4.